The van der Waals surface area contributed by atoms with E-state index in [1.165, 1.54) is 0 Å². The Bertz CT molecular complexity index is 802. The number of rotatable bonds is 3. The third-order valence-corrected chi connectivity index (χ3v) is 3.59. The van der Waals surface area contributed by atoms with Crippen molar-refractivity contribution in [2.75, 3.05) is 14.2 Å². The van der Waals surface area contributed by atoms with Crippen LogP contribution in [0.5, 0.6) is 17.2 Å². The standard InChI is InChI=1S/C17H16O4/c1-10-13-6-4-12(20-3)9-16(13)21-17(10)14-7-5-11(19-2)8-15(14)18/h4-9,18H,1-3H3. The lowest BCUT2D eigenvalue weighted by Gasteiger charge is -2.05. The molecule has 0 bridgehead atoms. The van der Waals surface area contributed by atoms with Gasteiger partial charge in [0.25, 0.3) is 0 Å². The van der Waals surface area contributed by atoms with Crippen molar-refractivity contribution in [3.8, 4) is 28.6 Å². The van der Waals surface area contributed by atoms with Crippen LogP contribution in [0, 0.1) is 6.92 Å². The Morgan fingerprint density at radius 3 is 2.29 bits per heavy atom. The van der Waals surface area contributed by atoms with Gasteiger partial charge in [0.05, 0.1) is 19.8 Å². The van der Waals surface area contributed by atoms with E-state index >= 15 is 0 Å². The molecule has 0 saturated heterocycles. The number of phenols is 1. The molecule has 0 atom stereocenters. The van der Waals surface area contributed by atoms with Gasteiger partial charge in [0.2, 0.25) is 0 Å². The second-order valence-electron chi connectivity index (χ2n) is 4.80. The van der Waals surface area contributed by atoms with Crippen molar-refractivity contribution in [3.05, 3.63) is 42.0 Å². The number of furan rings is 1. The fourth-order valence-corrected chi connectivity index (χ4v) is 2.42. The van der Waals surface area contributed by atoms with Gasteiger partial charge in [-0.1, -0.05) is 0 Å². The minimum atomic E-state index is 0.128. The quantitative estimate of drug-likeness (QED) is 0.785. The second kappa shape index (κ2) is 5.05. The maximum absolute atomic E-state index is 10.2. The highest BCUT2D eigenvalue weighted by atomic mass is 16.5. The van der Waals surface area contributed by atoms with Gasteiger partial charge in [-0.05, 0) is 31.2 Å². The van der Waals surface area contributed by atoms with Gasteiger partial charge in [-0.3, -0.25) is 0 Å². The fraction of sp³-hybridized carbons (Fsp3) is 0.176. The number of ether oxygens (including phenoxy) is 2. The first kappa shape index (κ1) is 13.4. The number of aromatic hydroxyl groups is 1. The topological polar surface area (TPSA) is 51.8 Å². The van der Waals surface area contributed by atoms with Gasteiger partial charge in [-0.15, -0.1) is 0 Å². The summed E-state index contributed by atoms with van der Waals surface area (Å²) < 4.78 is 16.2. The molecule has 0 spiro atoms. The summed E-state index contributed by atoms with van der Waals surface area (Å²) in [6.45, 7) is 1.97. The number of methoxy groups -OCH3 is 2. The SMILES string of the molecule is COc1ccc(-c2oc3cc(OC)ccc3c2C)c(O)c1. The van der Waals surface area contributed by atoms with Gasteiger partial charge in [0, 0.05) is 23.1 Å². The number of hydrogen-bond donors (Lipinski definition) is 1. The highest BCUT2D eigenvalue weighted by Gasteiger charge is 2.16. The van der Waals surface area contributed by atoms with Crippen molar-refractivity contribution in [1.29, 1.82) is 0 Å². The Hall–Kier alpha value is -2.62. The molecule has 21 heavy (non-hydrogen) atoms. The Balaban J connectivity index is 2.18. The smallest absolute Gasteiger partial charge is 0.142 e. The fourth-order valence-electron chi connectivity index (χ4n) is 2.42. The first-order valence-corrected chi connectivity index (χ1v) is 6.58. The minimum absolute atomic E-state index is 0.128. The van der Waals surface area contributed by atoms with Crippen LogP contribution in [0.4, 0.5) is 0 Å². The minimum Gasteiger partial charge on any atom is -0.507 e. The molecule has 0 unspecified atom stereocenters. The number of phenolic OH excluding ortho intramolecular Hbond substituents is 1. The van der Waals surface area contributed by atoms with E-state index < -0.39 is 0 Å². The predicted molar refractivity (Wildman–Crippen MR) is 81.2 cm³/mol. The van der Waals surface area contributed by atoms with Crippen LogP contribution < -0.4 is 9.47 Å². The molecule has 0 amide bonds. The summed E-state index contributed by atoms with van der Waals surface area (Å²) in [5, 5.41) is 11.2. The monoisotopic (exact) mass is 284 g/mol. The summed E-state index contributed by atoms with van der Waals surface area (Å²) in [6, 6.07) is 10.8. The van der Waals surface area contributed by atoms with Gasteiger partial charge >= 0.3 is 0 Å². The molecule has 0 aliphatic carbocycles. The number of benzene rings is 2. The van der Waals surface area contributed by atoms with Crippen LogP contribution in [-0.2, 0) is 0 Å². The maximum atomic E-state index is 10.2. The van der Waals surface area contributed by atoms with Crippen LogP contribution >= 0.6 is 0 Å². The van der Waals surface area contributed by atoms with E-state index in [0.29, 0.717) is 17.1 Å². The van der Waals surface area contributed by atoms with Crippen molar-refractivity contribution in [3.63, 3.8) is 0 Å². The normalized spacial score (nSPS) is 10.8. The molecule has 4 nitrogen and oxygen atoms in total. The highest BCUT2D eigenvalue weighted by molar-refractivity contribution is 5.89. The third-order valence-electron chi connectivity index (χ3n) is 3.59. The van der Waals surface area contributed by atoms with Gasteiger partial charge in [0.15, 0.2) is 0 Å². The molecule has 108 valence electrons. The maximum Gasteiger partial charge on any atom is 0.142 e. The van der Waals surface area contributed by atoms with Crippen LogP contribution in [0.25, 0.3) is 22.3 Å². The summed E-state index contributed by atoms with van der Waals surface area (Å²) in [6.07, 6.45) is 0. The van der Waals surface area contributed by atoms with E-state index in [1.54, 1.807) is 32.4 Å². The van der Waals surface area contributed by atoms with Crippen molar-refractivity contribution in [1.82, 2.24) is 0 Å². The molecule has 0 saturated carbocycles. The average Bonchev–Trinajstić information content (AvgIpc) is 2.83. The lowest BCUT2D eigenvalue weighted by atomic mass is 10.1. The van der Waals surface area contributed by atoms with Crippen molar-refractivity contribution >= 4 is 11.0 Å². The number of fused-ring (bicyclic) bond motifs is 1. The summed E-state index contributed by atoms with van der Waals surface area (Å²) >= 11 is 0. The van der Waals surface area contributed by atoms with Gasteiger partial charge < -0.3 is 19.0 Å². The molecule has 0 fully saturated rings. The molecular formula is C17H16O4. The lowest BCUT2D eigenvalue weighted by molar-refractivity contribution is 0.408. The van der Waals surface area contributed by atoms with Gasteiger partial charge in [0.1, 0.15) is 28.6 Å². The van der Waals surface area contributed by atoms with Crippen molar-refractivity contribution in [2.45, 2.75) is 6.92 Å². The zero-order chi connectivity index (χ0) is 15.0. The lowest BCUT2D eigenvalue weighted by Crippen LogP contribution is -1.84. The van der Waals surface area contributed by atoms with Gasteiger partial charge in [-0.2, -0.15) is 0 Å². The third kappa shape index (κ3) is 2.18. The van der Waals surface area contributed by atoms with Crippen LogP contribution in [0.15, 0.2) is 40.8 Å². The zero-order valence-corrected chi connectivity index (χ0v) is 12.1. The van der Waals surface area contributed by atoms with E-state index in [1.807, 2.05) is 25.1 Å². The van der Waals surface area contributed by atoms with Crippen molar-refractivity contribution in [2.24, 2.45) is 0 Å². The average molecular weight is 284 g/mol. The number of aryl methyl sites for hydroxylation is 1. The summed E-state index contributed by atoms with van der Waals surface area (Å²) in [7, 11) is 3.18. The Morgan fingerprint density at radius 2 is 1.62 bits per heavy atom. The summed E-state index contributed by atoms with van der Waals surface area (Å²) in [4.78, 5) is 0. The Kier molecular flexibility index (Phi) is 3.22. The molecule has 3 rings (SSSR count). The summed E-state index contributed by atoms with van der Waals surface area (Å²) in [5.74, 6) is 2.12. The van der Waals surface area contributed by atoms with Crippen LogP contribution in [-0.4, -0.2) is 19.3 Å². The largest absolute Gasteiger partial charge is 0.507 e. The van der Waals surface area contributed by atoms with E-state index in [4.69, 9.17) is 13.9 Å². The molecule has 1 aromatic heterocycles. The van der Waals surface area contributed by atoms with E-state index in [0.717, 1.165) is 22.3 Å². The molecule has 2 aromatic carbocycles. The zero-order valence-electron chi connectivity index (χ0n) is 12.1. The first-order chi connectivity index (χ1) is 10.1. The molecule has 4 heteroatoms. The molecule has 0 aliphatic rings. The van der Waals surface area contributed by atoms with E-state index in [-0.39, 0.29) is 5.75 Å². The van der Waals surface area contributed by atoms with Crippen LogP contribution in [0.3, 0.4) is 0 Å². The van der Waals surface area contributed by atoms with E-state index in [9.17, 15) is 5.11 Å². The predicted octanol–water partition coefficient (Wildman–Crippen LogP) is 4.13. The van der Waals surface area contributed by atoms with Crippen LogP contribution in [0.1, 0.15) is 5.56 Å². The molecular weight excluding hydrogens is 268 g/mol. The molecule has 1 N–H and O–H groups in total. The summed E-state index contributed by atoms with van der Waals surface area (Å²) in [5.41, 5.74) is 2.36. The van der Waals surface area contributed by atoms with Crippen LogP contribution in [0.2, 0.25) is 0 Å². The molecule has 3 aromatic rings. The van der Waals surface area contributed by atoms with E-state index in [2.05, 4.69) is 0 Å². The first-order valence-electron chi connectivity index (χ1n) is 6.58. The molecule has 1 heterocycles. The molecule has 0 aliphatic heterocycles. The number of hydrogen-bond acceptors (Lipinski definition) is 4. The van der Waals surface area contributed by atoms with Gasteiger partial charge in [-0.25, -0.2) is 0 Å². The van der Waals surface area contributed by atoms with Crippen molar-refractivity contribution < 1.29 is 19.0 Å². The highest BCUT2D eigenvalue weighted by Crippen LogP contribution is 2.39. The molecule has 0 radical (unpaired) electrons. The second-order valence-corrected chi connectivity index (χ2v) is 4.80. The Labute approximate surface area is 122 Å². The Morgan fingerprint density at radius 1 is 0.952 bits per heavy atom.